The van der Waals surface area contributed by atoms with E-state index in [1.165, 1.54) is 10.8 Å². The molecule has 0 heterocycles. The maximum Gasteiger partial charge on any atom is 0.320 e. The number of carbonyl (C=O) groups is 1. The third-order valence-electron chi connectivity index (χ3n) is 2.92. The Hall–Kier alpha value is -1.87. The number of hydrogen-bond donors (Lipinski definition) is 2. The summed E-state index contributed by atoms with van der Waals surface area (Å²) in [6.07, 6.45) is 1.15. The van der Waals surface area contributed by atoms with Crippen LogP contribution < -0.4 is 5.73 Å². The molecule has 0 radical (unpaired) electrons. The number of rotatable bonds is 4. The summed E-state index contributed by atoms with van der Waals surface area (Å²) in [6, 6.07) is 13.4. The van der Waals surface area contributed by atoms with E-state index in [9.17, 15) is 4.79 Å². The largest absolute Gasteiger partial charge is 0.480 e. The molecule has 1 atom stereocenters. The van der Waals surface area contributed by atoms with Crippen molar-refractivity contribution in [1.29, 1.82) is 0 Å². The number of nitrogens with two attached hydrogens (primary N) is 1. The molecule has 2 aromatic rings. The highest BCUT2D eigenvalue weighted by atomic mass is 16.4. The summed E-state index contributed by atoms with van der Waals surface area (Å²) in [7, 11) is 0. The minimum atomic E-state index is -0.940. The molecule has 3 nitrogen and oxygen atoms in total. The van der Waals surface area contributed by atoms with Gasteiger partial charge in [0.15, 0.2) is 0 Å². The standard InChI is InChI=1S/C14H15NO2/c15-13(14(16)17)9-8-11-6-3-5-10-4-1-2-7-12(10)11/h1-7,13H,8-9,15H2,(H,16,17). The highest BCUT2D eigenvalue weighted by Crippen LogP contribution is 2.19. The van der Waals surface area contributed by atoms with Gasteiger partial charge in [-0.3, -0.25) is 4.79 Å². The summed E-state index contributed by atoms with van der Waals surface area (Å²) in [4.78, 5) is 10.7. The van der Waals surface area contributed by atoms with Gasteiger partial charge in [0.2, 0.25) is 0 Å². The number of fused-ring (bicyclic) bond motifs is 1. The minimum Gasteiger partial charge on any atom is -0.480 e. The highest BCUT2D eigenvalue weighted by molar-refractivity contribution is 5.85. The monoisotopic (exact) mass is 229 g/mol. The van der Waals surface area contributed by atoms with Crippen molar-refractivity contribution in [3.63, 3.8) is 0 Å². The normalized spacial score (nSPS) is 12.5. The molecule has 2 rings (SSSR count). The lowest BCUT2D eigenvalue weighted by atomic mass is 9.99. The van der Waals surface area contributed by atoms with E-state index in [-0.39, 0.29) is 0 Å². The van der Waals surface area contributed by atoms with Crippen molar-refractivity contribution in [3.8, 4) is 0 Å². The SMILES string of the molecule is NC(CCc1cccc2ccccc12)C(=O)O. The van der Waals surface area contributed by atoms with Crippen LogP contribution in [0.2, 0.25) is 0 Å². The fraction of sp³-hybridized carbons (Fsp3) is 0.214. The average molecular weight is 229 g/mol. The summed E-state index contributed by atoms with van der Waals surface area (Å²) in [6.45, 7) is 0. The topological polar surface area (TPSA) is 63.3 Å². The van der Waals surface area contributed by atoms with E-state index in [0.717, 1.165) is 5.56 Å². The number of aryl methyl sites for hydroxylation is 1. The Morgan fingerprint density at radius 1 is 1.18 bits per heavy atom. The van der Waals surface area contributed by atoms with Crippen LogP contribution in [0, 0.1) is 0 Å². The van der Waals surface area contributed by atoms with E-state index in [4.69, 9.17) is 10.8 Å². The lowest BCUT2D eigenvalue weighted by Crippen LogP contribution is -2.30. The summed E-state index contributed by atoms with van der Waals surface area (Å²) >= 11 is 0. The number of carboxylic acids is 1. The van der Waals surface area contributed by atoms with Crippen molar-refractivity contribution in [3.05, 3.63) is 48.0 Å². The van der Waals surface area contributed by atoms with E-state index in [2.05, 4.69) is 18.2 Å². The van der Waals surface area contributed by atoms with Gasteiger partial charge in [0.25, 0.3) is 0 Å². The molecule has 2 aromatic carbocycles. The van der Waals surface area contributed by atoms with Gasteiger partial charge in [0.05, 0.1) is 0 Å². The quantitative estimate of drug-likeness (QED) is 0.844. The molecule has 3 heteroatoms. The fourth-order valence-electron chi connectivity index (χ4n) is 1.94. The Morgan fingerprint density at radius 3 is 2.65 bits per heavy atom. The molecule has 17 heavy (non-hydrogen) atoms. The van der Waals surface area contributed by atoms with E-state index in [1.54, 1.807) is 0 Å². The van der Waals surface area contributed by atoms with Gasteiger partial charge in [-0.15, -0.1) is 0 Å². The first-order chi connectivity index (χ1) is 8.18. The van der Waals surface area contributed by atoms with Crippen LogP contribution in [0.15, 0.2) is 42.5 Å². The molecule has 0 aromatic heterocycles. The van der Waals surface area contributed by atoms with Crippen LogP contribution in [0.5, 0.6) is 0 Å². The minimum absolute atomic E-state index is 0.462. The van der Waals surface area contributed by atoms with Gasteiger partial charge in [-0.05, 0) is 29.2 Å². The second-order valence-electron chi connectivity index (χ2n) is 4.12. The zero-order valence-corrected chi connectivity index (χ0v) is 9.47. The van der Waals surface area contributed by atoms with Crippen LogP contribution >= 0.6 is 0 Å². The van der Waals surface area contributed by atoms with Crippen LogP contribution in [0.4, 0.5) is 0 Å². The van der Waals surface area contributed by atoms with Crippen molar-refractivity contribution >= 4 is 16.7 Å². The Labute approximate surface area is 99.9 Å². The Balaban J connectivity index is 2.21. The van der Waals surface area contributed by atoms with Crippen molar-refractivity contribution in [2.24, 2.45) is 5.73 Å². The zero-order chi connectivity index (χ0) is 12.3. The molecular formula is C14H15NO2. The fourth-order valence-corrected chi connectivity index (χ4v) is 1.94. The van der Waals surface area contributed by atoms with Gasteiger partial charge in [-0.2, -0.15) is 0 Å². The van der Waals surface area contributed by atoms with E-state index in [1.807, 2.05) is 24.3 Å². The van der Waals surface area contributed by atoms with E-state index < -0.39 is 12.0 Å². The first-order valence-corrected chi connectivity index (χ1v) is 5.63. The van der Waals surface area contributed by atoms with E-state index in [0.29, 0.717) is 12.8 Å². The van der Waals surface area contributed by atoms with Crippen LogP contribution in [0.25, 0.3) is 10.8 Å². The first-order valence-electron chi connectivity index (χ1n) is 5.63. The molecule has 1 unspecified atom stereocenters. The lowest BCUT2D eigenvalue weighted by Gasteiger charge is -2.08. The number of benzene rings is 2. The Bertz CT molecular complexity index is 531. The van der Waals surface area contributed by atoms with Gasteiger partial charge < -0.3 is 10.8 Å². The average Bonchev–Trinajstić information content (AvgIpc) is 2.35. The molecule has 0 bridgehead atoms. The molecule has 0 spiro atoms. The van der Waals surface area contributed by atoms with Crippen LogP contribution in [-0.2, 0) is 11.2 Å². The summed E-state index contributed by atoms with van der Waals surface area (Å²) in [5.74, 6) is -0.940. The summed E-state index contributed by atoms with van der Waals surface area (Å²) in [5.41, 5.74) is 6.66. The third kappa shape index (κ3) is 2.63. The predicted octanol–water partition coefficient (Wildman–Crippen LogP) is 2.18. The van der Waals surface area contributed by atoms with E-state index >= 15 is 0 Å². The van der Waals surface area contributed by atoms with Gasteiger partial charge in [-0.1, -0.05) is 42.5 Å². The van der Waals surface area contributed by atoms with Crippen molar-refractivity contribution in [1.82, 2.24) is 0 Å². The first kappa shape index (κ1) is 11.6. The second-order valence-corrected chi connectivity index (χ2v) is 4.12. The molecule has 0 saturated heterocycles. The highest BCUT2D eigenvalue weighted by Gasteiger charge is 2.11. The van der Waals surface area contributed by atoms with Crippen LogP contribution in [-0.4, -0.2) is 17.1 Å². The van der Waals surface area contributed by atoms with Crippen molar-refractivity contribution < 1.29 is 9.90 Å². The van der Waals surface area contributed by atoms with Crippen molar-refractivity contribution in [2.45, 2.75) is 18.9 Å². The summed E-state index contributed by atoms with van der Waals surface area (Å²) < 4.78 is 0. The molecule has 0 saturated carbocycles. The summed E-state index contributed by atoms with van der Waals surface area (Å²) in [5, 5.41) is 11.1. The molecule has 0 amide bonds. The Kier molecular flexibility index (Phi) is 3.40. The van der Waals surface area contributed by atoms with Crippen LogP contribution in [0.3, 0.4) is 0 Å². The van der Waals surface area contributed by atoms with Gasteiger partial charge in [0.1, 0.15) is 6.04 Å². The van der Waals surface area contributed by atoms with Gasteiger partial charge in [-0.25, -0.2) is 0 Å². The van der Waals surface area contributed by atoms with Crippen LogP contribution in [0.1, 0.15) is 12.0 Å². The molecule has 0 aliphatic heterocycles. The third-order valence-corrected chi connectivity index (χ3v) is 2.92. The maximum atomic E-state index is 10.7. The molecular weight excluding hydrogens is 214 g/mol. The predicted molar refractivity (Wildman–Crippen MR) is 67.9 cm³/mol. The van der Waals surface area contributed by atoms with Crippen molar-refractivity contribution in [2.75, 3.05) is 0 Å². The lowest BCUT2D eigenvalue weighted by molar-refractivity contribution is -0.138. The molecule has 88 valence electrons. The number of aliphatic carboxylic acids is 1. The second kappa shape index (κ2) is 4.97. The molecule has 0 aliphatic carbocycles. The maximum absolute atomic E-state index is 10.7. The zero-order valence-electron chi connectivity index (χ0n) is 9.47. The molecule has 0 aliphatic rings. The number of carboxylic acid groups (broad SMARTS) is 1. The number of hydrogen-bond acceptors (Lipinski definition) is 2. The van der Waals surface area contributed by atoms with Gasteiger partial charge in [0, 0.05) is 0 Å². The smallest absolute Gasteiger partial charge is 0.320 e. The van der Waals surface area contributed by atoms with Gasteiger partial charge >= 0.3 is 5.97 Å². The Morgan fingerprint density at radius 2 is 1.88 bits per heavy atom. The molecule has 3 N–H and O–H groups in total. The molecule has 0 fully saturated rings.